The third-order valence-corrected chi connectivity index (χ3v) is 7.95. The maximum Gasteiger partial charge on any atom is 0.316 e. The van der Waals surface area contributed by atoms with Crippen LogP contribution in [-0.4, -0.2) is 23.7 Å². The summed E-state index contributed by atoms with van der Waals surface area (Å²) in [6.07, 6.45) is 4.33. The molecule has 3 rings (SSSR count). The molecule has 1 saturated carbocycles. The van der Waals surface area contributed by atoms with Crippen LogP contribution in [0.1, 0.15) is 66.7 Å². The number of fused-ring (bicyclic) bond motifs is 3. The number of carbonyl (C=O) groups is 2. The van der Waals surface area contributed by atoms with Gasteiger partial charge in [0.25, 0.3) is 0 Å². The zero-order chi connectivity index (χ0) is 18.1. The molecule has 3 nitrogen and oxygen atoms in total. The number of allylic oxidation sites excluding steroid dienone is 1. The number of ketones is 1. The van der Waals surface area contributed by atoms with Crippen LogP contribution in [0.4, 0.5) is 0 Å². The van der Waals surface area contributed by atoms with Gasteiger partial charge < -0.3 is 4.74 Å². The predicted molar refractivity (Wildman–Crippen MR) is 98.0 cm³/mol. The molecule has 1 fully saturated rings. The summed E-state index contributed by atoms with van der Waals surface area (Å²) in [5.74, 6) is -0.118. The quantitative estimate of drug-likeness (QED) is 0.471. The number of carbonyl (C=O) groups excluding carboxylic acids is 2. The molecule has 3 aliphatic rings. The van der Waals surface area contributed by atoms with Gasteiger partial charge in [0.1, 0.15) is 0 Å². The highest BCUT2D eigenvalue weighted by Gasteiger charge is 2.62. The number of alkyl halides is 1. The van der Waals surface area contributed by atoms with Crippen molar-refractivity contribution in [2.45, 2.75) is 71.5 Å². The second-order valence-corrected chi connectivity index (χ2v) is 11.0. The van der Waals surface area contributed by atoms with Gasteiger partial charge in [0.05, 0.1) is 17.4 Å². The molecule has 2 bridgehead atoms. The fraction of sp³-hybridized carbons (Fsp3) is 0.800. The van der Waals surface area contributed by atoms with E-state index >= 15 is 0 Å². The normalized spacial score (nSPS) is 40.1. The Bertz CT molecular complexity index is 645. The van der Waals surface area contributed by atoms with Gasteiger partial charge in [-0.05, 0) is 48.3 Å². The monoisotopic (exact) mass is 396 g/mol. The van der Waals surface area contributed by atoms with E-state index in [4.69, 9.17) is 4.74 Å². The van der Waals surface area contributed by atoms with Gasteiger partial charge in [-0.1, -0.05) is 56.1 Å². The summed E-state index contributed by atoms with van der Waals surface area (Å²) >= 11 is 3.63. The van der Waals surface area contributed by atoms with Crippen LogP contribution in [0.25, 0.3) is 0 Å². The molecule has 0 aliphatic heterocycles. The number of rotatable bonds is 1. The molecular weight excluding hydrogens is 368 g/mol. The van der Waals surface area contributed by atoms with Crippen LogP contribution >= 0.6 is 15.9 Å². The molecule has 3 atom stereocenters. The van der Waals surface area contributed by atoms with Gasteiger partial charge in [-0.15, -0.1) is 0 Å². The highest BCUT2D eigenvalue weighted by Crippen LogP contribution is 2.65. The van der Waals surface area contributed by atoms with Gasteiger partial charge >= 0.3 is 5.97 Å². The van der Waals surface area contributed by atoms with E-state index in [2.05, 4.69) is 50.5 Å². The van der Waals surface area contributed by atoms with Crippen molar-refractivity contribution >= 4 is 27.7 Å². The molecule has 0 radical (unpaired) electrons. The Morgan fingerprint density at radius 1 is 1.08 bits per heavy atom. The van der Waals surface area contributed by atoms with Crippen molar-refractivity contribution in [2.24, 2.45) is 21.7 Å². The molecule has 3 unspecified atom stereocenters. The highest BCUT2D eigenvalue weighted by molar-refractivity contribution is 9.10. The van der Waals surface area contributed by atoms with E-state index in [-0.39, 0.29) is 32.8 Å². The van der Waals surface area contributed by atoms with Crippen LogP contribution in [0.3, 0.4) is 0 Å². The summed E-state index contributed by atoms with van der Waals surface area (Å²) in [5.41, 5.74) is 1.18. The minimum Gasteiger partial charge on any atom is -0.468 e. The molecule has 24 heavy (non-hydrogen) atoms. The Morgan fingerprint density at radius 3 is 2.29 bits per heavy atom. The van der Waals surface area contributed by atoms with Gasteiger partial charge in [0.2, 0.25) is 0 Å². The second kappa shape index (κ2) is 5.18. The summed E-state index contributed by atoms with van der Waals surface area (Å²) in [7, 11) is 1.45. The van der Waals surface area contributed by atoms with Crippen molar-refractivity contribution in [1.82, 2.24) is 0 Å². The first-order valence-corrected chi connectivity index (χ1v) is 9.77. The van der Waals surface area contributed by atoms with E-state index in [1.54, 1.807) is 0 Å². The Balaban J connectivity index is 2.25. The zero-order valence-electron chi connectivity index (χ0n) is 15.7. The minimum atomic E-state index is -0.765. The summed E-state index contributed by atoms with van der Waals surface area (Å²) < 4.78 is 5.25. The van der Waals surface area contributed by atoms with Crippen molar-refractivity contribution in [3.63, 3.8) is 0 Å². The summed E-state index contributed by atoms with van der Waals surface area (Å²) in [4.78, 5) is 26.0. The van der Waals surface area contributed by atoms with Crippen molar-refractivity contribution in [2.75, 3.05) is 7.11 Å². The van der Waals surface area contributed by atoms with Gasteiger partial charge in [0, 0.05) is 5.57 Å². The molecule has 0 amide bonds. The van der Waals surface area contributed by atoms with E-state index in [0.717, 1.165) is 31.3 Å². The number of hydrogen-bond acceptors (Lipinski definition) is 3. The first-order chi connectivity index (χ1) is 10.9. The van der Waals surface area contributed by atoms with Gasteiger partial charge in [-0.3, -0.25) is 9.59 Å². The molecule has 0 aromatic heterocycles. The maximum atomic E-state index is 13.3. The molecule has 4 heteroatoms. The standard InChI is InChI=1S/C20H29BrO3/c1-17(2)9-19(5)8-12-7-18(3,4)15(21)14(22)13(12)20(10-17,11-19)16(23)24-6/h15H,7-11H2,1-6H3. The Morgan fingerprint density at radius 2 is 1.71 bits per heavy atom. The average Bonchev–Trinajstić information content (AvgIpc) is 2.40. The van der Waals surface area contributed by atoms with Gasteiger partial charge in [0.15, 0.2) is 5.78 Å². The largest absolute Gasteiger partial charge is 0.468 e. The van der Waals surface area contributed by atoms with E-state index in [0.29, 0.717) is 6.42 Å². The molecule has 0 aromatic carbocycles. The third-order valence-electron chi connectivity index (χ3n) is 6.29. The molecule has 0 N–H and O–H groups in total. The van der Waals surface area contributed by atoms with Gasteiger partial charge in [-0.2, -0.15) is 0 Å². The Labute approximate surface area is 153 Å². The third kappa shape index (κ3) is 2.51. The number of methoxy groups -OCH3 is 1. The van der Waals surface area contributed by atoms with Crippen LogP contribution < -0.4 is 0 Å². The Kier molecular flexibility index (Phi) is 3.92. The van der Waals surface area contributed by atoms with Crippen molar-refractivity contribution in [3.8, 4) is 0 Å². The molecule has 3 aliphatic carbocycles. The number of Topliss-reactive ketones (excluding diaryl/α,β-unsaturated/α-hetero) is 1. The Hall–Kier alpha value is -0.640. The molecule has 0 saturated heterocycles. The second-order valence-electron chi connectivity index (χ2n) is 10.1. The lowest BCUT2D eigenvalue weighted by molar-refractivity contribution is -0.161. The number of esters is 1. The smallest absolute Gasteiger partial charge is 0.316 e. The summed E-state index contributed by atoms with van der Waals surface area (Å²) in [5, 5.41) is 0. The van der Waals surface area contributed by atoms with E-state index in [9.17, 15) is 9.59 Å². The maximum absolute atomic E-state index is 13.3. The van der Waals surface area contributed by atoms with Crippen LogP contribution in [-0.2, 0) is 14.3 Å². The lowest BCUT2D eigenvalue weighted by Crippen LogP contribution is -2.56. The molecule has 0 aromatic rings. The number of halogens is 1. The molecule has 0 heterocycles. The minimum absolute atomic E-state index is 0.0226. The van der Waals surface area contributed by atoms with Crippen molar-refractivity contribution in [3.05, 3.63) is 11.1 Å². The van der Waals surface area contributed by atoms with E-state index in [1.807, 2.05) is 0 Å². The fourth-order valence-corrected chi connectivity index (χ4v) is 6.65. The van der Waals surface area contributed by atoms with Crippen LogP contribution in [0.5, 0.6) is 0 Å². The lowest BCUT2D eigenvalue weighted by atomic mass is 9.45. The highest BCUT2D eigenvalue weighted by atomic mass is 79.9. The molecule has 134 valence electrons. The lowest BCUT2D eigenvalue weighted by Gasteiger charge is -2.58. The van der Waals surface area contributed by atoms with Gasteiger partial charge in [-0.25, -0.2) is 0 Å². The average molecular weight is 397 g/mol. The zero-order valence-corrected chi connectivity index (χ0v) is 17.3. The van der Waals surface area contributed by atoms with Crippen LogP contribution in [0, 0.1) is 21.7 Å². The summed E-state index contributed by atoms with van der Waals surface area (Å²) in [6.45, 7) is 11.0. The number of ether oxygens (including phenoxy) is 1. The molecular formula is C20H29BrO3. The summed E-state index contributed by atoms with van der Waals surface area (Å²) in [6, 6.07) is 0. The topological polar surface area (TPSA) is 43.4 Å². The fourth-order valence-electron chi connectivity index (χ4n) is 6.26. The predicted octanol–water partition coefficient (Wildman–Crippen LogP) is 4.83. The SMILES string of the molecule is COC(=O)C12CC(C)(C)CC(C)(CC3=C1C(=O)C(Br)C(C)(C)C3)C2. The van der Waals surface area contributed by atoms with Crippen LogP contribution in [0.15, 0.2) is 11.1 Å². The first-order valence-electron chi connectivity index (χ1n) is 8.85. The first kappa shape index (κ1) is 18.2. The molecule has 0 spiro atoms. The van der Waals surface area contributed by atoms with Crippen molar-refractivity contribution in [1.29, 1.82) is 0 Å². The van der Waals surface area contributed by atoms with E-state index < -0.39 is 5.41 Å². The number of hydrogen-bond donors (Lipinski definition) is 0. The van der Waals surface area contributed by atoms with Crippen molar-refractivity contribution < 1.29 is 14.3 Å². The van der Waals surface area contributed by atoms with E-state index in [1.165, 1.54) is 12.7 Å². The van der Waals surface area contributed by atoms with Crippen LogP contribution in [0.2, 0.25) is 0 Å².